The van der Waals surface area contributed by atoms with E-state index in [-0.39, 0.29) is 12.5 Å². The number of anilines is 2. The lowest BCUT2D eigenvalue weighted by Gasteiger charge is -2.22. The van der Waals surface area contributed by atoms with Crippen molar-refractivity contribution in [2.45, 2.75) is 37.4 Å². The molecule has 1 fully saturated rings. The molecule has 3 aromatic heterocycles. The summed E-state index contributed by atoms with van der Waals surface area (Å²) in [6, 6.07) is 20.0. The zero-order chi connectivity index (χ0) is 28.3. The topological polar surface area (TPSA) is 128 Å². The van der Waals surface area contributed by atoms with Crippen molar-refractivity contribution in [3.05, 3.63) is 107 Å². The molecule has 1 aliphatic carbocycles. The fourth-order valence-electron chi connectivity index (χ4n) is 4.78. The van der Waals surface area contributed by atoms with E-state index >= 15 is 0 Å². The zero-order valence-electron chi connectivity index (χ0n) is 21.7. The number of hydrogen-bond acceptors (Lipinski definition) is 8. The van der Waals surface area contributed by atoms with Crippen LogP contribution in [0.3, 0.4) is 0 Å². The third kappa shape index (κ3) is 5.51. The van der Waals surface area contributed by atoms with Crippen LogP contribution >= 0.6 is 11.6 Å². The highest BCUT2D eigenvalue weighted by atomic mass is 35.5. The van der Waals surface area contributed by atoms with E-state index < -0.39 is 12.0 Å². The Bertz CT molecular complexity index is 1790. The molecule has 5 aromatic rings. The van der Waals surface area contributed by atoms with Crippen molar-refractivity contribution in [1.82, 2.24) is 25.0 Å². The van der Waals surface area contributed by atoms with E-state index in [1.807, 2.05) is 47.3 Å². The van der Waals surface area contributed by atoms with Gasteiger partial charge in [-0.2, -0.15) is 14.9 Å². The summed E-state index contributed by atoms with van der Waals surface area (Å²) in [5.41, 5.74) is 4.19. The van der Waals surface area contributed by atoms with Crippen LogP contribution in [0.4, 0.5) is 15.8 Å². The molecule has 2 atom stereocenters. The van der Waals surface area contributed by atoms with Crippen LogP contribution in [0.15, 0.2) is 73.2 Å². The summed E-state index contributed by atoms with van der Waals surface area (Å²) in [7, 11) is 0. The third-order valence-corrected chi connectivity index (χ3v) is 7.29. The van der Waals surface area contributed by atoms with Crippen LogP contribution in [-0.4, -0.2) is 25.0 Å². The number of nitrogens with zero attached hydrogens (tertiary/aromatic N) is 7. The van der Waals surface area contributed by atoms with Gasteiger partial charge in [-0.1, -0.05) is 53.2 Å². The number of nitrogens with one attached hydrogen (secondary N) is 2. The molecule has 6 rings (SSSR count). The fraction of sp³-hybridized carbons (Fsp3) is 0.200. The monoisotopic (exact) mass is 563 g/mol. The van der Waals surface area contributed by atoms with Crippen LogP contribution < -0.4 is 10.6 Å². The van der Waals surface area contributed by atoms with Gasteiger partial charge in [-0.15, -0.1) is 5.10 Å². The molecule has 0 amide bonds. The van der Waals surface area contributed by atoms with Gasteiger partial charge < -0.3 is 10.6 Å². The van der Waals surface area contributed by atoms with E-state index in [4.69, 9.17) is 11.6 Å². The first-order valence-electron chi connectivity index (χ1n) is 13.0. The fourth-order valence-corrected chi connectivity index (χ4v) is 5.05. The summed E-state index contributed by atoms with van der Waals surface area (Å²) in [5.74, 6) is -0.584. The second-order valence-corrected chi connectivity index (χ2v) is 10.2. The summed E-state index contributed by atoms with van der Waals surface area (Å²) in [6.07, 6.45) is 7.11. The van der Waals surface area contributed by atoms with E-state index in [1.54, 1.807) is 12.1 Å². The minimum Gasteiger partial charge on any atom is -0.376 e. The Balaban J connectivity index is 1.43. The molecule has 202 valence electrons. The van der Waals surface area contributed by atoms with Gasteiger partial charge in [0.2, 0.25) is 5.95 Å². The van der Waals surface area contributed by atoms with Crippen molar-refractivity contribution >= 4 is 33.9 Å². The van der Waals surface area contributed by atoms with E-state index in [0.29, 0.717) is 50.2 Å². The Kier molecular flexibility index (Phi) is 7.15. The lowest BCUT2D eigenvalue weighted by Crippen LogP contribution is -2.14. The van der Waals surface area contributed by atoms with E-state index in [1.165, 1.54) is 18.5 Å². The summed E-state index contributed by atoms with van der Waals surface area (Å²) < 4.78 is 15.5. The van der Waals surface area contributed by atoms with Crippen LogP contribution in [0.5, 0.6) is 0 Å². The predicted octanol–water partition coefficient (Wildman–Crippen LogP) is 6.49. The van der Waals surface area contributed by atoms with Crippen LogP contribution in [0.25, 0.3) is 10.9 Å². The van der Waals surface area contributed by atoms with Gasteiger partial charge in [0, 0.05) is 23.5 Å². The summed E-state index contributed by atoms with van der Waals surface area (Å²) >= 11 is 6.74. The number of benzene rings is 2. The van der Waals surface area contributed by atoms with Gasteiger partial charge in [0.25, 0.3) is 0 Å². The maximum atomic E-state index is 13.7. The number of fused-ring (bicyclic) bond motifs is 1. The van der Waals surface area contributed by atoms with Crippen molar-refractivity contribution < 1.29 is 4.39 Å². The Labute approximate surface area is 240 Å². The molecule has 9 nitrogen and oxygen atoms in total. The molecule has 41 heavy (non-hydrogen) atoms. The lowest BCUT2D eigenvalue weighted by molar-refractivity contribution is 0.581. The molecule has 0 bridgehead atoms. The first-order valence-corrected chi connectivity index (χ1v) is 13.4. The second-order valence-electron chi connectivity index (χ2n) is 9.83. The van der Waals surface area contributed by atoms with Crippen molar-refractivity contribution in [3.63, 3.8) is 0 Å². The second kappa shape index (κ2) is 11.2. The summed E-state index contributed by atoms with van der Waals surface area (Å²) in [5, 5.41) is 36.0. The summed E-state index contributed by atoms with van der Waals surface area (Å²) in [6.45, 7) is 0. The molecule has 3 heterocycles. The Morgan fingerprint density at radius 1 is 1.02 bits per heavy atom. The van der Waals surface area contributed by atoms with Crippen molar-refractivity contribution in [2.75, 3.05) is 10.6 Å². The van der Waals surface area contributed by atoms with Gasteiger partial charge in [-0.05, 0) is 42.2 Å². The average molecular weight is 564 g/mol. The highest BCUT2D eigenvalue weighted by Gasteiger charge is 2.27. The largest absolute Gasteiger partial charge is 0.376 e. The number of rotatable bonds is 9. The molecular weight excluding hydrogens is 541 g/mol. The lowest BCUT2D eigenvalue weighted by atomic mass is 10.0. The maximum absolute atomic E-state index is 13.7. The molecule has 1 aliphatic rings. The van der Waals surface area contributed by atoms with Gasteiger partial charge in [0.05, 0.1) is 58.6 Å². The highest BCUT2D eigenvalue weighted by molar-refractivity contribution is 6.35. The number of hydrogen-bond donors (Lipinski definition) is 2. The minimum atomic E-state index is -0.584. The van der Waals surface area contributed by atoms with Gasteiger partial charge in [-0.25, -0.2) is 9.67 Å². The molecule has 0 radical (unpaired) electrons. The molecular formula is C30H23ClFN9. The third-order valence-electron chi connectivity index (χ3n) is 7.00. The van der Waals surface area contributed by atoms with Gasteiger partial charge in [0.1, 0.15) is 11.8 Å². The standard InChI is InChI=1S/C30H23ClFN9/c31-24-13-21(37-29(19-6-9-27(32)35-15-19)26-17-41(40-39-26)22-7-8-22)12-23-28(20(14-34)16-36-30(23)24)38-25(10-11-33)18-4-2-1-3-5-18/h1-6,9,12-13,15-17,22,25,29,37H,7-8,10H2,(H,36,38)/t25-,29?/m1/s1. The van der Waals surface area contributed by atoms with Crippen LogP contribution in [0.2, 0.25) is 5.02 Å². The number of nitriles is 2. The Morgan fingerprint density at radius 3 is 2.56 bits per heavy atom. The van der Waals surface area contributed by atoms with Crippen molar-refractivity contribution in [3.8, 4) is 12.1 Å². The van der Waals surface area contributed by atoms with Gasteiger partial charge >= 0.3 is 0 Å². The summed E-state index contributed by atoms with van der Waals surface area (Å²) in [4.78, 5) is 8.28. The van der Waals surface area contributed by atoms with E-state index in [2.05, 4.69) is 43.1 Å². The SMILES string of the molecule is N#CC[C@@H](Nc1c(C#N)cnc2c(Cl)cc(NC(c3ccc(F)nc3)c3cn(C4CC4)nn3)cc12)c1ccccc1. The molecule has 1 unspecified atom stereocenters. The van der Waals surface area contributed by atoms with Crippen LogP contribution in [0, 0.1) is 28.6 Å². The predicted molar refractivity (Wildman–Crippen MR) is 152 cm³/mol. The molecule has 0 saturated heterocycles. The average Bonchev–Trinajstić information content (AvgIpc) is 3.73. The molecule has 0 spiro atoms. The first kappa shape index (κ1) is 26.2. The number of halogens is 2. The van der Waals surface area contributed by atoms with Crippen LogP contribution in [0.1, 0.15) is 59.8 Å². The molecule has 0 aliphatic heterocycles. The first-order chi connectivity index (χ1) is 20.0. The highest BCUT2D eigenvalue weighted by Crippen LogP contribution is 2.38. The smallest absolute Gasteiger partial charge is 0.212 e. The van der Waals surface area contributed by atoms with E-state index in [9.17, 15) is 14.9 Å². The Hall–Kier alpha value is -5.06. The van der Waals surface area contributed by atoms with Crippen LogP contribution in [-0.2, 0) is 0 Å². The van der Waals surface area contributed by atoms with Gasteiger partial charge in [-0.3, -0.25) is 4.98 Å². The number of pyridine rings is 2. The Morgan fingerprint density at radius 2 is 1.85 bits per heavy atom. The minimum absolute atomic E-state index is 0.181. The van der Waals surface area contributed by atoms with E-state index in [0.717, 1.165) is 18.4 Å². The molecule has 2 aromatic carbocycles. The van der Waals surface area contributed by atoms with Gasteiger partial charge in [0.15, 0.2) is 0 Å². The van der Waals surface area contributed by atoms with Crippen molar-refractivity contribution in [1.29, 1.82) is 10.5 Å². The molecule has 1 saturated carbocycles. The van der Waals surface area contributed by atoms with Crippen molar-refractivity contribution in [2.24, 2.45) is 0 Å². The quantitative estimate of drug-likeness (QED) is 0.195. The normalized spacial score (nSPS) is 14.1. The zero-order valence-corrected chi connectivity index (χ0v) is 22.4. The maximum Gasteiger partial charge on any atom is 0.212 e. The molecule has 11 heteroatoms. The number of aromatic nitrogens is 5. The molecule has 2 N–H and O–H groups in total.